The highest BCUT2D eigenvalue weighted by Crippen LogP contribution is 2.28. The first kappa shape index (κ1) is 22.6. The average Bonchev–Trinajstić information content (AvgIpc) is 2.71. The first-order valence-corrected chi connectivity index (χ1v) is 10.5. The number of hydrogen-bond acceptors (Lipinski definition) is 5. The number of methoxy groups -OCH3 is 1. The zero-order chi connectivity index (χ0) is 21.2. The summed E-state index contributed by atoms with van der Waals surface area (Å²) in [6.07, 6.45) is 0.929. The topological polar surface area (TPSA) is 76.7 Å². The summed E-state index contributed by atoms with van der Waals surface area (Å²) in [4.78, 5) is 25.3. The third-order valence-corrected chi connectivity index (χ3v) is 5.10. The van der Waals surface area contributed by atoms with Crippen molar-refractivity contribution in [3.8, 4) is 11.5 Å². The van der Waals surface area contributed by atoms with E-state index in [0.717, 1.165) is 16.9 Å². The zero-order valence-corrected chi connectivity index (χ0v) is 18.1. The number of hydrazine groups is 1. The van der Waals surface area contributed by atoms with Gasteiger partial charge in [-0.05, 0) is 49.6 Å². The molecule has 2 aromatic carbocycles. The second kappa shape index (κ2) is 11.4. The Balaban J connectivity index is 1.84. The Labute approximate surface area is 176 Å². The summed E-state index contributed by atoms with van der Waals surface area (Å²) in [5.41, 5.74) is 6.38. The van der Waals surface area contributed by atoms with Crippen molar-refractivity contribution in [3.63, 3.8) is 0 Å². The molecule has 0 radical (unpaired) electrons. The molecule has 0 aromatic heterocycles. The predicted octanol–water partition coefficient (Wildman–Crippen LogP) is 3.98. The van der Waals surface area contributed by atoms with Crippen molar-refractivity contribution in [1.82, 2.24) is 10.9 Å². The van der Waals surface area contributed by atoms with E-state index in [2.05, 4.69) is 24.7 Å². The summed E-state index contributed by atoms with van der Waals surface area (Å²) < 4.78 is 11.0. The molecule has 0 fully saturated rings. The first-order chi connectivity index (χ1) is 13.9. The van der Waals surface area contributed by atoms with Gasteiger partial charge in [-0.3, -0.25) is 20.4 Å². The van der Waals surface area contributed by atoms with Crippen LogP contribution in [0.5, 0.6) is 11.5 Å². The van der Waals surface area contributed by atoms with E-state index in [-0.39, 0.29) is 11.7 Å². The number of aryl methyl sites for hydroxylation is 1. The lowest BCUT2D eigenvalue weighted by Crippen LogP contribution is -2.42. The number of nitrogens with one attached hydrogen (secondary N) is 2. The van der Waals surface area contributed by atoms with Crippen LogP contribution in [-0.4, -0.2) is 31.3 Å². The highest BCUT2D eigenvalue weighted by molar-refractivity contribution is 8.00. The predicted molar refractivity (Wildman–Crippen MR) is 115 cm³/mol. The van der Waals surface area contributed by atoms with E-state index in [0.29, 0.717) is 29.6 Å². The van der Waals surface area contributed by atoms with Crippen LogP contribution in [0, 0.1) is 12.8 Å². The molecule has 2 amide bonds. The Morgan fingerprint density at radius 1 is 1.03 bits per heavy atom. The van der Waals surface area contributed by atoms with Crippen LogP contribution in [0.15, 0.2) is 47.4 Å². The van der Waals surface area contributed by atoms with Gasteiger partial charge < -0.3 is 9.47 Å². The monoisotopic (exact) mass is 416 g/mol. The molecule has 0 saturated carbocycles. The molecule has 0 unspecified atom stereocenters. The van der Waals surface area contributed by atoms with Crippen molar-refractivity contribution in [2.75, 3.05) is 19.5 Å². The van der Waals surface area contributed by atoms with Gasteiger partial charge in [0.1, 0.15) is 0 Å². The van der Waals surface area contributed by atoms with Crippen molar-refractivity contribution >= 4 is 23.6 Å². The number of thioether (sulfide) groups is 1. The normalized spacial score (nSPS) is 10.5. The Hall–Kier alpha value is -2.67. The molecular formula is C22H28N2O4S. The molecule has 2 aromatic rings. The fourth-order valence-corrected chi connectivity index (χ4v) is 3.05. The van der Waals surface area contributed by atoms with E-state index in [1.807, 2.05) is 31.2 Å². The maximum absolute atomic E-state index is 12.3. The molecule has 0 atom stereocenters. The average molecular weight is 417 g/mol. The fourth-order valence-electron chi connectivity index (χ4n) is 2.35. The van der Waals surface area contributed by atoms with E-state index in [1.54, 1.807) is 18.2 Å². The molecule has 0 saturated heterocycles. The summed E-state index contributed by atoms with van der Waals surface area (Å²) in [5, 5.41) is 0. The van der Waals surface area contributed by atoms with Crippen LogP contribution in [0.4, 0.5) is 0 Å². The van der Waals surface area contributed by atoms with Crippen molar-refractivity contribution < 1.29 is 19.1 Å². The van der Waals surface area contributed by atoms with Gasteiger partial charge in [0.2, 0.25) is 5.91 Å². The van der Waals surface area contributed by atoms with E-state index < -0.39 is 5.91 Å². The maximum Gasteiger partial charge on any atom is 0.269 e. The van der Waals surface area contributed by atoms with E-state index >= 15 is 0 Å². The molecule has 2 N–H and O–H groups in total. The molecule has 0 bridgehead atoms. The van der Waals surface area contributed by atoms with Crippen molar-refractivity contribution in [2.45, 2.75) is 32.1 Å². The molecule has 0 heterocycles. The minimum atomic E-state index is -0.425. The Kier molecular flexibility index (Phi) is 8.86. The Morgan fingerprint density at radius 2 is 1.76 bits per heavy atom. The number of amides is 2. The van der Waals surface area contributed by atoms with Crippen LogP contribution in [-0.2, 0) is 4.79 Å². The van der Waals surface area contributed by atoms with E-state index in [4.69, 9.17) is 9.47 Å². The second-order valence-corrected chi connectivity index (χ2v) is 8.05. The van der Waals surface area contributed by atoms with Crippen molar-refractivity contribution in [1.29, 1.82) is 0 Å². The summed E-state index contributed by atoms with van der Waals surface area (Å²) in [6.45, 7) is 6.84. The maximum atomic E-state index is 12.3. The smallest absolute Gasteiger partial charge is 0.269 e. The Morgan fingerprint density at radius 3 is 2.41 bits per heavy atom. The van der Waals surface area contributed by atoms with Crippen LogP contribution >= 0.6 is 11.8 Å². The molecule has 2 rings (SSSR count). The van der Waals surface area contributed by atoms with Crippen molar-refractivity contribution in [3.05, 3.63) is 53.6 Å². The van der Waals surface area contributed by atoms with Gasteiger partial charge in [-0.1, -0.05) is 31.5 Å². The summed E-state index contributed by atoms with van der Waals surface area (Å²) in [6, 6.07) is 12.8. The SMILES string of the molecule is COc1cc(C(=O)NNC(=O)CSc2ccc(C)cc2)ccc1OCCC(C)C. The van der Waals surface area contributed by atoms with Crippen LogP contribution in [0.3, 0.4) is 0 Å². The van der Waals surface area contributed by atoms with Gasteiger partial charge in [-0.15, -0.1) is 11.8 Å². The van der Waals surface area contributed by atoms with Crippen LogP contribution < -0.4 is 20.3 Å². The number of carbonyl (C=O) groups excluding carboxylic acids is 2. The quantitative estimate of drug-likeness (QED) is 0.478. The third-order valence-electron chi connectivity index (χ3n) is 4.08. The van der Waals surface area contributed by atoms with E-state index in [9.17, 15) is 9.59 Å². The van der Waals surface area contributed by atoms with Crippen LogP contribution in [0.25, 0.3) is 0 Å². The Bertz CT molecular complexity index is 822. The van der Waals surface area contributed by atoms with Gasteiger partial charge in [0.25, 0.3) is 5.91 Å². The van der Waals surface area contributed by atoms with E-state index in [1.165, 1.54) is 18.9 Å². The number of carbonyl (C=O) groups is 2. The largest absolute Gasteiger partial charge is 0.493 e. The van der Waals surface area contributed by atoms with Crippen molar-refractivity contribution in [2.24, 2.45) is 5.92 Å². The number of benzene rings is 2. The second-order valence-electron chi connectivity index (χ2n) is 7.00. The summed E-state index contributed by atoms with van der Waals surface area (Å²) in [5.74, 6) is 1.09. The van der Waals surface area contributed by atoms with Gasteiger partial charge >= 0.3 is 0 Å². The zero-order valence-electron chi connectivity index (χ0n) is 17.3. The lowest BCUT2D eigenvalue weighted by Gasteiger charge is -2.13. The molecule has 0 aliphatic carbocycles. The van der Waals surface area contributed by atoms with Gasteiger partial charge in [0.05, 0.1) is 19.5 Å². The van der Waals surface area contributed by atoms with Crippen LogP contribution in [0.2, 0.25) is 0 Å². The molecule has 29 heavy (non-hydrogen) atoms. The molecule has 6 nitrogen and oxygen atoms in total. The first-order valence-electron chi connectivity index (χ1n) is 9.48. The standard InChI is InChI=1S/C22H28N2O4S/c1-15(2)11-12-28-19-10-7-17(13-20(19)27-4)22(26)24-23-21(25)14-29-18-8-5-16(3)6-9-18/h5-10,13,15H,11-12,14H2,1-4H3,(H,23,25)(H,24,26). The molecular weight excluding hydrogens is 388 g/mol. The number of rotatable bonds is 9. The highest BCUT2D eigenvalue weighted by Gasteiger charge is 2.12. The fraction of sp³-hybridized carbons (Fsp3) is 0.364. The van der Waals surface area contributed by atoms with Gasteiger partial charge in [0.15, 0.2) is 11.5 Å². The molecule has 0 aliphatic heterocycles. The lowest BCUT2D eigenvalue weighted by atomic mass is 10.1. The van der Waals surface area contributed by atoms with Gasteiger partial charge in [0, 0.05) is 10.5 Å². The molecule has 0 aliphatic rings. The molecule has 156 valence electrons. The highest BCUT2D eigenvalue weighted by atomic mass is 32.2. The number of ether oxygens (including phenoxy) is 2. The molecule has 7 heteroatoms. The lowest BCUT2D eigenvalue weighted by molar-refractivity contribution is -0.119. The van der Waals surface area contributed by atoms with Gasteiger partial charge in [-0.2, -0.15) is 0 Å². The number of hydrogen-bond donors (Lipinski definition) is 2. The van der Waals surface area contributed by atoms with Gasteiger partial charge in [-0.25, -0.2) is 0 Å². The third kappa shape index (κ3) is 7.69. The summed E-state index contributed by atoms with van der Waals surface area (Å²) >= 11 is 1.40. The minimum Gasteiger partial charge on any atom is -0.493 e. The minimum absolute atomic E-state index is 0.204. The summed E-state index contributed by atoms with van der Waals surface area (Å²) in [7, 11) is 1.52. The van der Waals surface area contributed by atoms with Crippen LogP contribution in [0.1, 0.15) is 36.2 Å². The molecule has 0 spiro atoms.